The van der Waals surface area contributed by atoms with Crippen LogP contribution in [0.4, 0.5) is 5.69 Å². The first-order valence-corrected chi connectivity index (χ1v) is 8.43. The van der Waals surface area contributed by atoms with Crippen LogP contribution in [0.15, 0.2) is 53.4 Å². The number of rotatable bonds is 1. The molecule has 0 fully saturated rings. The molecule has 6 heteroatoms. The molecule has 0 heterocycles. The van der Waals surface area contributed by atoms with Crippen molar-refractivity contribution in [2.45, 2.75) is 38.0 Å². The Bertz CT molecular complexity index is 782. The van der Waals surface area contributed by atoms with Gasteiger partial charge in [0.05, 0.1) is 4.90 Å². The Morgan fingerprint density at radius 3 is 1.78 bits per heavy atom. The molecule has 0 saturated carbocycles. The van der Waals surface area contributed by atoms with E-state index < -0.39 is 10.1 Å². The maximum absolute atomic E-state index is 10.4. The van der Waals surface area contributed by atoms with Gasteiger partial charge in [-0.15, -0.1) is 0 Å². The Labute approximate surface area is 137 Å². The lowest BCUT2D eigenvalue weighted by atomic mass is 9.87. The molecular weight excluding hydrogens is 312 g/mol. The Kier molecular flexibility index (Phi) is 6.02. The van der Waals surface area contributed by atoms with Gasteiger partial charge in [-0.05, 0) is 30.0 Å². The van der Waals surface area contributed by atoms with E-state index >= 15 is 0 Å². The number of hydrogen-bond donors (Lipinski definition) is 0. The zero-order valence-electron chi connectivity index (χ0n) is 13.6. The lowest BCUT2D eigenvalue weighted by Gasteiger charge is -2.17. The highest BCUT2D eigenvalue weighted by molar-refractivity contribution is 7.85. The standard InChI is InChI=1S/C10H13N2.C7H8O3S/c1-10(2,3)8-4-6-9(12-11)7-5-8;1-6-2-4-7(5-3-6)11(8,9)10/h4-7H,1-3H3;2-5H,1H3,(H,8,9,10)/q+1;/p-1. The molecule has 2 rings (SSSR count). The van der Waals surface area contributed by atoms with Crippen LogP contribution in [0.3, 0.4) is 0 Å². The molecule has 5 nitrogen and oxygen atoms in total. The van der Waals surface area contributed by atoms with Gasteiger partial charge in [0.15, 0.2) is 4.98 Å². The highest BCUT2D eigenvalue weighted by atomic mass is 32.2. The third-order valence-electron chi connectivity index (χ3n) is 3.16. The maximum Gasteiger partial charge on any atom is 0.385 e. The van der Waals surface area contributed by atoms with Crippen LogP contribution in [0.25, 0.3) is 4.98 Å². The Morgan fingerprint density at radius 2 is 1.43 bits per heavy atom. The Morgan fingerprint density at radius 1 is 0.957 bits per heavy atom. The molecule has 0 atom stereocenters. The predicted molar refractivity (Wildman–Crippen MR) is 89.0 cm³/mol. The van der Waals surface area contributed by atoms with Crippen LogP contribution in [0.5, 0.6) is 0 Å². The molecule has 2 aromatic rings. The van der Waals surface area contributed by atoms with Crippen LogP contribution >= 0.6 is 0 Å². The Balaban J connectivity index is 0.000000231. The van der Waals surface area contributed by atoms with E-state index in [-0.39, 0.29) is 10.3 Å². The molecule has 0 aliphatic rings. The lowest BCUT2D eigenvalue weighted by Crippen LogP contribution is -2.10. The minimum Gasteiger partial charge on any atom is -0.744 e. The second-order valence-electron chi connectivity index (χ2n) is 6.16. The van der Waals surface area contributed by atoms with Crippen molar-refractivity contribution >= 4 is 15.8 Å². The fourth-order valence-electron chi connectivity index (χ4n) is 1.73. The number of aryl methyl sites for hydroxylation is 1. The summed E-state index contributed by atoms with van der Waals surface area (Å²) in [6.45, 7) is 8.27. The minimum atomic E-state index is -4.27. The van der Waals surface area contributed by atoms with Gasteiger partial charge < -0.3 is 4.55 Å². The Hall–Kier alpha value is -2.23. The molecule has 0 aromatic heterocycles. The number of hydrogen-bond acceptors (Lipinski definition) is 4. The number of benzene rings is 2. The number of nitrogens with zero attached hydrogens (tertiary/aromatic N) is 2. The summed E-state index contributed by atoms with van der Waals surface area (Å²) in [6.07, 6.45) is 0. The topological polar surface area (TPSA) is 85.3 Å². The molecule has 0 unspecified atom stereocenters. The fraction of sp³-hybridized carbons (Fsp3) is 0.294. The molecular formula is C17H20N2O3S. The average Bonchev–Trinajstić information content (AvgIpc) is 2.46. The summed E-state index contributed by atoms with van der Waals surface area (Å²) in [6, 6.07) is 13.4. The van der Waals surface area contributed by atoms with Crippen LogP contribution in [0.2, 0.25) is 0 Å². The van der Waals surface area contributed by atoms with Crippen molar-refractivity contribution in [2.75, 3.05) is 0 Å². The highest BCUT2D eigenvalue weighted by Crippen LogP contribution is 2.24. The van der Waals surface area contributed by atoms with Gasteiger partial charge in [-0.2, -0.15) is 0 Å². The van der Waals surface area contributed by atoms with Crippen LogP contribution in [-0.4, -0.2) is 13.0 Å². The van der Waals surface area contributed by atoms with Gasteiger partial charge in [-0.1, -0.05) is 50.6 Å². The molecule has 122 valence electrons. The second kappa shape index (κ2) is 7.36. The zero-order chi connectivity index (χ0) is 17.7. The van der Waals surface area contributed by atoms with Crippen molar-refractivity contribution in [1.29, 1.82) is 5.39 Å². The summed E-state index contributed by atoms with van der Waals surface area (Å²) in [5.74, 6) is 0. The van der Waals surface area contributed by atoms with Crippen LogP contribution in [0.1, 0.15) is 31.9 Å². The molecule has 0 radical (unpaired) electrons. The molecule has 0 aliphatic carbocycles. The molecule has 0 aliphatic heterocycles. The van der Waals surface area contributed by atoms with Gasteiger partial charge in [0, 0.05) is 12.1 Å². The van der Waals surface area contributed by atoms with E-state index in [4.69, 9.17) is 5.39 Å². The van der Waals surface area contributed by atoms with E-state index in [0.717, 1.165) is 5.56 Å². The first-order chi connectivity index (χ1) is 10.5. The van der Waals surface area contributed by atoms with E-state index in [1.54, 1.807) is 24.3 Å². The van der Waals surface area contributed by atoms with E-state index in [1.807, 2.05) is 19.1 Å². The summed E-state index contributed by atoms with van der Waals surface area (Å²) in [5, 5.41) is 8.46. The fourth-order valence-corrected chi connectivity index (χ4v) is 2.20. The summed E-state index contributed by atoms with van der Waals surface area (Å²) in [7, 11) is -4.27. The van der Waals surface area contributed by atoms with Crippen molar-refractivity contribution in [2.24, 2.45) is 0 Å². The molecule has 2 aromatic carbocycles. The smallest absolute Gasteiger partial charge is 0.385 e. The van der Waals surface area contributed by atoms with Gasteiger partial charge in [-0.3, -0.25) is 0 Å². The molecule has 0 N–H and O–H groups in total. The van der Waals surface area contributed by atoms with Crippen molar-refractivity contribution in [3.63, 3.8) is 0 Å². The first-order valence-electron chi connectivity index (χ1n) is 7.02. The second-order valence-corrected chi connectivity index (χ2v) is 7.54. The lowest BCUT2D eigenvalue weighted by molar-refractivity contribution is 0.463. The first kappa shape index (κ1) is 18.8. The zero-order valence-corrected chi connectivity index (χ0v) is 14.5. The van der Waals surface area contributed by atoms with Crippen LogP contribution in [-0.2, 0) is 15.5 Å². The molecule has 23 heavy (non-hydrogen) atoms. The average molecular weight is 332 g/mol. The highest BCUT2D eigenvalue weighted by Gasteiger charge is 2.14. The SMILES string of the molecule is CC(C)(C)c1ccc([N+]#N)cc1.Cc1ccc(S(=O)(=O)[O-])cc1. The van der Waals surface area contributed by atoms with E-state index in [9.17, 15) is 13.0 Å². The normalized spacial score (nSPS) is 11.1. The summed E-state index contributed by atoms with van der Waals surface area (Å²) in [5.41, 5.74) is 2.93. The maximum atomic E-state index is 10.4. The molecule has 0 spiro atoms. The third-order valence-corrected chi connectivity index (χ3v) is 4.01. The van der Waals surface area contributed by atoms with E-state index in [1.165, 1.54) is 17.7 Å². The van der Waals surface area contributed by atoms with Crippen molar-refractivity contribution < 1.29 is 13.0 Å². The summed E-state index contributed by atoms with van der Waals surface area (Å²) in [4.78, 5) is 2.92. The van der Waals surface area contributed by atoms with Gasteiger partial charge in [0.2, 0.25) is 5.39 Å². The van der Waals surface area contributed by atoms with Gasteiger partial charge >= 0.3 is 5.69 Å². The minimum absolute atomic E-state index is 0.161. The van der Waals surface area contributed by atoms with Crippen molar-refractivity contribution in [3.8, 4) is 0 Å². The summed E-state index contributed by atoms with van der Waals surface area (Å²) < 4.78 is 31.2. The molecule has 0 amide bonds. The van der Waals surface area contributed by atoms with Crippen molar-refractivity contribution in [1.82, 2.24) is 0 Å². The van der Waals surface area contributed by atoms with Gasteiger partial charge in [-0.25, -0.2) is 8.42 Å². The predicted octanol–water partition coefficient (Wildman–Crippen LogP) is 4.37. The van der Waals surface area contributed by atoms with Gasteiger partial charge in [0.1, 0.15) is 10.1 Å². The summed E-state index contributed by atoms with van der Waals surface area (Å²) >= 11 is 0. The monoisotopic (exact) mass is 332 g/mol. The third kappa shape index (κ3) is 6.19. The largest absolute Gasteiger partial charge is 0.744 e. The van der Waals surface area contributed by atoms with E-state index in [0.29, 0.717) is 5.69 Å². The quantitative estimate of drug-likeness (QED) is 0.573. The number of diazo groups is 1. The van der Waals surface area contributed by atoms with Crippen LogP contribution in [0, 0.1) is 12.3 Å². The molecule has 0 bridgehead atoms. The van der Waals surface area contributed by atoms with Crippen molar-refractivity contribution in [3.05, 3.63) is 64.6 Å². The molecule has 0 saturated heterocycles. The van der Waals surface area contributed by atoms with E-state index in [2.05, 4.69) is 25.7 Å². The van der Waals surface area contributed by atoms with Crippen LogP contribution < -0.4 is 0 Å². The van der Waals surface area contributed by atoms with Gasteiger partial charge in [0.25, 0.3) is 0 Å².